The molecule has 0 heterocycles. The van der Waals surface area contributed by atoms with Crippen LogP contribution in [0, 0.1) is 0 Å². The molecule has 0 aromatic heterocycles. The topological polar surface area (TPSA) is 0 Å². The van der Waals surface area contributed by atoms with E-state index >= 15 is 0 Å². The quantitative estimate of drug-likeness (QED) is 0.204. The largest absolute Gasteiger partial charge is 1.00 e. The Morgan fingerprint density at radius 2 is 0.700 bits per heavy atom. The highest BCUT2D eigenvalue weighted by Crippen LogP contribution is 2.13. The third-order valence-electron chi connectivity index (χ3n) is 4.10. The van der Waals surface area contributed by atoms with Gasteiger partial charge in [-0.3, -0.25) is 0 Å². The zero-order chi connectivity index (χ0) is 14.0. The first-order chi connectivity index (χ1) is 9.41. The van der Waals surface area contributed by atoms with Crippen molar-refractivity contribution in [3.05, 3.63) is 0 Å². The van der Waals surface area contributed by atoms with Crippen LogP contribution >= 0.6 is 9.24 Å². The average molecular weight is 414 g/mol. The van der Waals surface area contributed by atoms with Gasteiger partial charge in [0.15, 0.2) is 0 Å². The molecule has 0 aliphatic carbocycles. The summed E-state index contributed by atoms with van der Waals surface area (Å²) in [4.78, 5) is 0. The van der Waals surface area contributed by atoms with Gasteiger partial charge in [-0.05, 0) is 22.1 Å². The summed E-state index contributed by atoms with van der Waals surface area (Å²) in [5.74, 6) is 0. The number of hydrogen-bond donors (Lipinski definition) is 0. The molecule has 0 rings (SSSR count). The lowest BCUT2D eigenvalue weighted by Gasteiger charge is -2.03. The van der Waals surface area contributed by atoms with Crippen LogP contribution in [0.1, 0.15) is 110 Å². The predicted octanol–water partition coefficient (Wildman–Crippen LogP) is 3.86. The molecule has 0 aromatic rings. The highest BCUT2D eigenvalue weighted by Gasteiger charge is 1.94. The van der Waals surface area contributed by atoms with Crippen molar-refractivity contribution < 1.29 is 24.0 Å². The van der Waals surface area contributed by atoms with Gasteiger partial charge in [0.25, 0.3) is 0 Å². The SMILES string of the molecule is CCCCCCCCCCCCCCCCCC[PH3+].[I-]. The smallest absolute Gasteiger partial charge is 0.0526 e. The van der Waals surface area contributed by atoms with Crippen LogP contribution in [-0.2, 0) is 0 Å². The maximum Gasteiger partial charge on any atom is 0.0526 e. The fraction of sp³-hybridized carbons (Fsp3) is 1.00. The molecule has 124 valence electrons. The Balaban J connectivity index is 0. The summed E-state index contributed by atoms with van der Waals surface area (Å²) in [5.41, 5.74) is 0. The van der Waals surface area contributed by atoms with E-state index in [2.05, 4.69) is 16.2 Å². The molecule has 1 atom stereocenters. The van der Waals surface area contributed by atoms with Crippen molar-refractivity contribution in [1.82, 2.24) is 0 Å². The van der Waals surface area contributed by atoms with Gasteiger partial charge < -0.3 is 24.0 Å². The maximum atomic E-state index is 2.30. The van der Waals surface area contributed by atoms with Crippen molar-refractivity contribution in [2.75, 3.05) is 6.16 Å². The molecule has 0 aromatic carbocycles. The van der Waals surface area contributed by atoms with Crippen molar-refractivity contribution in [2.24, 2.45) is 0 Å². The third kappa shape index (κ3) is 21.5. The van der Waals surface area contributed by atoms with E-state index < -0.39 is 0 Å². The van der Waals surface area contributed by atoms with E-state index in [9.17, 15) is 0 Å². The number of halogens is 1. The summed E-state index contributed by atoms with van der Waals surface area (Å²) in [7, 11) is 2.12. The molecule has 0 fully saturated rings. The minimum Gasteiger partial charge on any atom is -1.00 e. The lowest BCUT2D eigenvalue weighted by atomic mass is 10.0. The van der Waals surface area contributed by atoms with Crippen LogP contribution in [0.5, 0.6) is 0 Å². The van der Waals surface area contributed by atoms with Crippen LogP contribution in [0.15, 0.2) is 0 Å². The monoisotopic (exact) mass is 414 g/mol. The van der Waals surface area contributed by atoms with Gasteiger partial charge in [0.1, 0.15) is 0 Å². The first-order valence-electron chi connectivity index (χ1n) is 9.21. The maximum absolute atomic E-state index is 2.30. The van der Waals surface area contributed by atoms with Crippen LogP contribution in [-0.4, -0.2) is 6.16 Å². The van der Waals surface area contributed by atoms with Gasteiger partial charge in [0, 0.05) is 0 Å². The molecule has 0 spiro atoms. The molecular formula is C18H40IP. The Morgan fingerprint density at radius 1 is 0.450 bits per heavy atom. The second kappa shape index (κ2) is 22.4. The van der Waals surface area contributed by atoms with E-state index in [4.69, 9.17) is 0 Å². The van der Waals surface area contributed by atoms with Crippen LogP contribution in [0.2, 0.25) is 0 Å². The molecule has 20 heavy (non-hydrogen) atoms. The van der Waals surface area contributed by atoms with E-state index in [1.165, 1.54) is 109 Å². The van der Waals surface area contributed by atoms with Crippen molar-refractivity contribution in [3.63, 3.8) is 0 Å². The number of unbranched alkanes of at least 4 members (excludes halogenated alkanes) is 15. The zero-order valence-corrected chi connectivity index (χ0v) is 17.7. The predicted molar refractivity (Wildman–Crippen MR) is 95.5 cm³/mol. The fourth-order valence-electron chi connectivity index (χ4n) is 2.72. The third-order valence-corrected chi connectivity index (χ3v) is 4.60. The summed E-state index contributed by atoms with van der Waals surface area (Å²) in [6.45, 7) is 2.30. The van der Waals surface area contributed by atoms with Crippen molar-refractivity contribution >= 4 is 9.24 Å². The first-order valence-corrected chi connectivity index (χ1v) is 10.2. The van der Waals surface area contributed by atoms with Crippen molar-refractivity contribution in [3.8, 4) is 0 Å². The molecule has 0 amide bonds. The summed E-state index contributed by atoms with van der Waals surface area (Å²) in [6.07, 6.45) is 25.0. The highest BCUT2D eigenvalue weighted by atomic mass is 127. The van der Waals surface area contributed by atoms with Gasteiger partial charge >= 0.3 is 0 Å². The Hall–Kier alpha value is 1.16. The summed E-state index contributed by atoms with van der Waals surface area (Å²) in [5, 5.41) is 0. The molecular weight excluding hydrogens is 374 g/mol. The van der Waals surface area contributed by atoms with E-state index in [-0.39, 0.29) is 24.0 Å². The number of hydrogen-bond acceptors (Lipinski definition) is 0. The summed E-state index contributed by atoms with van der Waals surface area (Å²) < 4.78 is 0. The van der Waals surface area contributed by atoms with Crippen LogP contribution in [0.25, 0.3) is 0 Å². The molecule has 0 aliphatic heterocycles. The zero-order valence-electron chi connectivity index (χ0n) is 14.1. The second-order valence-electron chi connectivity index (χ2n) is 6.16. The Kier molecular flexibility index (Phi) is 26.3. The first kappa shape index (κ1) is 23.4. The van der Waals surface area contributed by atoms with E-state index in [1.807, 2.05) is 0 Å². The van der Waals surface area contributed by atoms with E-state index in [0.717, 1.165) is 0 Å². The summed E-state index contributed by atoms with van der Waals surface area (Å²) >= 11 is 0. The van der Waals surface area contributed by atoms with E-state index in [0.29, 0.717) is 0 Å². The molecule has 0 saturated heterocycles. The van der Waals surface area contributed by atoms with Gasteiger partial charge in [-0.1, -0.05) is 96.8 Å². The van der Waals surface area contributed by atoms with Crippen LogP contribution < -0.4 is 24.0 Å². The van der Waals surface area contributed by atoms with Gasteiger partial charge in [-0.15, -0.1) is 0 Å². The van der Waals surface area contributed by atoms with Gasteiger partial charge in [0.05, 0.1) is 6.16 Å². The van der Waals surface area contributed by atoms with Gasteiger partial charge in [-0.2, -0.15) is 0 Å². The molecule has 0 bridgehead atoms. The van der Waals surface area contributed by atoms with Crippen molar-refractivity contribution in [2.45, 2.75) is 110 Å². The minimum absolute atomic E-state index is 0. The van der Waals surface area contributed by atoms with E-state index in [1.54, 1.807) is 0 Å². The normalized spacial score (nSPS) is 10.7. The molecule has 0 N–H and O–H groups in total. The molecule has 1 unspecified atom stereocenters. The standard InChI is InChI=1S/C18H39P.HI/c1-2-3-4-5-6-7-8-9-10-11-12-13-14-15-16-17-18-19;/h2-19H2,1H3;1H. The highest BCUT2D eigenvalue weighted by molar-refractivity contribution is 7.16. The summed E-state index contributed by atoms with van der Waals surface area (Å²) in [6, 6.07) is 0. The molecule has 0 radical (unpaired) electrons. The van der Waals surface area contributed by atoms with Gasteiger partial charge in [0.2, 0.25) is 0 Å². The Labute approximate surface area is 148 Å². The lowest BCUT2D eigenvalue weighted by Crippen LogP contribution is -3.00. The molecule has 0 saturated carbocycles. The lowest BCUT2D eigenvalue weighted by molar-refractivity contribution is -0.00000418. The fourth-order valence-corrected chi connectivity index (χ4v) is 3.08. The average Bonchev–Trinajstić information content (AvgIpc) is 2.43. The Morgan fingerprint density at radius 3 is 0.950 bits per heavy atom. The second-order valence-corrected chi connectivity index (χ2v) is 6.86. The molecule has 0 aliphatic rings. The van der Waals surface area contributed by atoms with Crippen molar-refractivity contribution in [1.29, 1.82) is 0 Å². The molecule has 2 heteroatoms. The van der Waals surface area contributed by atoms with Gasteiger partial charge in [-0.25, -0.2) is 0 Å². The minimum atomic E-state index is 0. The molecule has 0 nitrogen and oxygen atoms in total. The Bertz CT molecular complexity index is 134. The van der Waals surface area contributed by atoms with Crippen LogP contribution in [0.3, 0.4) is 0 Å². The number of rotatable bonds is 16. The van der Waals surface area contributed by atoms with Crippen LogP contribution in [0.4, 0.5) is 0 Å².